The number of halogens is 1. The molecule has 1 unspecified atom stereocenters. The Morgan fingerprint density at radius 1 is 1.06 bits per heavy atom. The predicted octanol–water partition coefficient (Wildman–Crippen LogP) is 7.66. The summed E-state index contributed by atoms with van der Waals surface area (Å²) in [5.74, 6) is 1.11. The molecule has 188 valence electrons. The van der Waals surface area contributed by atoms with Crippen LogP contribution in [0.2, 0.25) is 5.02 Å². The average molecular weight is 507 g/mol. The molecule has 1 heterocycles. The third kappa shape index (κ3) is 6.03. The quantitative estimate of drug-likeness (QED) is 0.195. The highest BCUT2D eigenvalue weighted by molar-refractivity contribution is 6.32. The number of fused-ring (bicyclic) bond motifs is 1. The van der Waals surface area contributed by atoms with Crippen molar-refractivity contribution in [3.8, 4) is 22.6 Å². The van der Waals surface area contributed by atoms with E-state index in [1.165, 1.54) is 7.11 Å². The van der Waals surface area contributed by atoms with Crippen molar-refractivity contribution in [1.82, 2.24) is 0 Å². The van der Waals surface area contributed by atoms with Crippen LogP contribution in [0.5, 0.6) is 11.5 Å². The standard InChI is InChI=1S/C30H31ClO5/c1-4-8-24-27(14-12-23-25(19-35-30(23)24)22-9-6-5-7-10-22)36-20(2)15-16-34-28-13-11-21(17-26(28)31)18-29(32)33-3/h5-7,9-14,17,19-20H,4,8,15-16,18H2,1-3H3. The van der Waals surface area contributed by atoms with E-state index in [4.69, 9.17) is 30.2 Å². The van der Waals surface area contributed by atoms with Gasteiger partial charge in [0.2, 0.25) is 0 Å². The van der Waals surface area contributed by atoms with Crippen LogP contribution in [0, 0.1) is 0 Å². The van der Waals surface area contributed by atoms with Crippen molar-refractivity contribution < 1.29 is 23.4 Å². The number of methoxy groups -OCH3 is 1. The monoisotopic (exact) mass is 506 g/mol. The summed E-state index contributed by atoms with van der Waals surface area (Å²) < 4.78 is 23.0. The molecule has 0 bridgehead atoms. The molecule has 0 saturated heterocycles. The fourth-order valence-corrected chi connectivity index (χ4v) is 4.45. The summed E-state index contributed by atoms with van der Waals surface area (Å²) in [6.07, 6.45) is 4.47. The van der Waals surface area contributed by atoms with E-state index in [9.17, 15) is 4.79 Å². The van der Waals surface area contributed by atoms with E-state index >= 15 is 0 Å². The van der Waals surface area contributed by atoms with Gasteiger partial charge >= 0.3 is 5.97 Å². The van der Waals surface area contributed by atoms with Gasteiger partial charge in [-0.1, -0.05) is 61.3 Å². The largest absolute Gasteiger partial charge is 0.492 e. The molecule has 0 spiro atoms. The van der Waals surface area contributed by atoms with Crippen LogP contribution < -0.4 is 9.47 Å². The number of hydrogen-bond acceptors (Lipinski definition) is 5. The lowest BCUT2D eigenvalue weighted by atomic mass is 10.0. The number of esters is 1. The summed E-state index contributed by atoms with van der Waals surface area (Å²) in [5.41, 5.74) is 4.98. The minimum absolute atomic E-state index is 0.0704. The number of carbonyl (C=O) groups excluding carboxylic acids is 1. The number of rotatable bonds is 11. The average Bonchev–Trinajstić information content (AvgIpc) is 3.31. The summed E-state index contributed by atoms with van der Waals surface area (Å²) in [5, 5.41) is 1.56. The van der Waals surface area contributed by atoms with Gasteiger partial charge in [-0.2, -0.15) is 0 Å². The molecule has 4 aromatic rings. The molecule has 1 atom stereocenters. The van der Waals surface area contributed by atoms with Crippen molar-refractivity contribution in [2.45, 2.75) is 45.6 Å². The maximum absolute atomic E-state index is 11.5. The fraction of sp³-hybridized carbons (Fsp3) is 0.300. The molecule has 0 fully saturated rings. The Balaban J connectivity index is 1.41. The van der Waals surface area contributed by atoms with E-state index < -0.39 is 0 Å². The number of ether oxygens (including phenoxy) is 3. The molecule has 0 radical (unpaired) electrons. The minimum atomic E-state index is -0.308. The molecule has 0 aliphatic carbocycles. The lowest BCUT2D eigenvalue weighted by molar-refractivity contribution is -0.139. The van der Waals surface area contributed by atoms with Crippen LogP contribution in [0.3, 0.4) is 0 Å². The van der Waals surface area contributed by atoms with Crippen molar-refractivity contribution in [2.75, 3.05) is 13.7 Å². The highest BCUT2D eigenvalue weighted by Crippen LogP contribution is 2.37. The summed E-state index contributed by atoms with van der Waals surface area (Å²) in [4.78, 5) is 11.5. The minimum Gasteiger partial charge on any atom is -0.492 e. The zero-order chi connectivity index (χ0) is 25.5. The van der Waals surface area contributed by atoms with Crippen LogP contribution >= 0.6 is 11.6 Å². The summed E-state index contributed by atoms with van der Waals surface area (Å²) in [6, 6.07) is 19.7. The number of carbonyl (C=O) groups is 1. The van der Waals surface area contributed by atoms with Crippen molar-refractivity contribution in [1.29, 1.82) is 0 Å². The Hall–Kier alpha value is -3.44. The molecule has 36 heavy (non-hydrogen) atoms. The summed E-state index contributed by atoms with van der Waals surface area (Å²) >= 11 is 6.34. The van der Waals surface area contributed by atoms with Crippen LogP contribution in [-0.2, 0) is 22.4 Å². The van der Waals surface area contributed by atoms with E-state index in [1.807, 2.05) is 43.5 Å². The van der Waals surface area contributed by atoms with Crippen LogP contribution in [-0.4, -0.2) is 25.8 Å². The van der Waals surface area contributed by atoms with Gasteiger partial charge in [-0.05, 0) is 48.7 Å². The normalized spacial score (nSPS) is 11.9. The van der Waals surface area contributed by atoms with Crippen LogP contribution in [0.15, 0.2) is 71.3 Å². The van der Waals surface area contributed by atoms with Gasteiger partial charge in [-0.3, -0.25) is 4.79 Å². The molecule has 0 aliphatic rings. The van der Waals surface area contributed by atoms with Crippen molar-refractivity contribution >= 4 is 28.5 Å². The lowest BCUT2D eigenvalue weighted by Gasteiger charge is -2.18. The molecule has 4 rings (SSSR count). The summed E-state index contributed by atoms with van der Waals surface area (Å²) in [6.45, 7) is 4.63. The molecule has 0 amide bonds. The van der Waals surface area contributed by atoms with E-state index in [0.29, 0.717) is 23.8 Å². The smallest absolute Gasteiger partial charge is 0.309 e. The molecule has 5 nitrogen and oxygen atoms in total. The van der Waals surface area contributed by atoms with Crippen molar-refractivity contribution in [3.63, 3.8) is 0 Å². The Morgan fingerprint density at radius 2 is 1.83 bits per heavy atom. The second-order valence-electron chi connectivity index (χ2n) is 8.77. The molecule has 1 aromatic heterocycles. The first-order valence-electron chi connectivity index (χ1n) is 12.2. The molecule has 3 aromatic carbocycles. The zero-order valence-corrected chi connectivity index (χ0v) is 21.6. The van der Waals surface area contributed by atoms with Gasteiger partial charge in [-0.15, -0.1) is 0 Å². The Kier molecular flexibility index (Phi) is 8.55. The fourth-order valence-electron chi connectivity index (χ4n) is 4.20. The highest BCUT2D eigenvalue weighted by atomic mass is 35.5. The topological polar surface area (TPSA) is 57.9 Å². The lowest BCUT2D eigenvalue weighted by Crippen LogP contribution is -2.16. The first-order chi connectivity index (χ1) is 17.5. The van der Waals surface area contributed by atoms with Gasteiger partial charge in [0.05, 0.1) is 37.5 Å². The van der Waals surface area contributed by atoms with Crippen LogP contribution in [0.25, 0.3) is 22.1 Å². The molecule has 0 N–H and O–H groups in total. The first-order valence-corrected chi connectivity index (χ1v) is 12.6. The Labute approximate surface area is 216 Å². The van der Waals surface area contributed by atoms with Crippen molar-refractivity contribution in [2.24, 2.45) is 0 Å². The maximum atomic E-state index is 11.5. The number of furan rings is 1. The number of benzene rings is 3. The van der Waals surface area contributed by atoms with Gasteiger partial charge in [0.1, 0.15) is 17.1 Å². The maximum Gasteiger partial charge on any atom is 0.309 e. The van der Waals surface area contributed by atoms with E-state index in [2.05, 4.69) is 25.1 Å². The molecule has 6 heteroatoms. The molecular formula is C30H31ClO5. The first kappa shape index (κ1) is 25.6. The van der Waals surface area contributed by atoms with Crippen LogP contribution in [0.1, 0.15) is 37.8 Å². The Morgan fingerprint density at radius 3 is 2.56 bits per heavy atom. The van der Waals surface area contributed by atoms with Crippen LogP contribution in [0.4, 0.5) is 0 Å². The predicted molar refractivity (Wildman–Crippen MR) is 143 cm³/mol. The molecular weight excluding hydrogens is 476 g/mol. The van der Waals surface area contributed by atoms with Gasteiger partial charge in [-0.25, -0.2) is 0 Å². The zero-order valence-electron chi connectivity index (χ0n) is 20.9. The number of aryl methyl sites for hydroxylation is 1. The molecule has 0 aliphatic heterocycles. The third-order valence-corrected chi connectivity index (χ3v) is 6.36. The second kappa shape index (κ2) is 12.0. The Bertz CT molecular complexity index is 1310. The van der Waals surface area contributed by atoms with E-state index in [1.54, 1.807) is 12.1 Å². The van der Waals surface area contributed by atoms with Gasteiger partial charge in [0.15, 0.2) is 0 Å². The van der Waals surface area contributed by atoms with E-state index in [-0.39, 0.29) is 18.5 Å². The molecule has 0 saturated carbocycles. The SMILES string of the molecule is CCCc1c(OC(C)CCOc2ccc(CC(=O)OC)cc2Cl)ccc2c(-c3ccccc3)coc12. The summed E-state index contributed by atoms with van der Waals surface area (Å²) in [7, 11) is 1.37. The third-order valence-electron chi connectivity index (χ3n) is 6.07. The second-order valence-corrected chi connectivity index (χ2v) is 9.17. The van der Waals surface area contributed by atoms with Crippen molar-refractivity contribution in [3.05, 3.63) is 83.1 Å². The van der Waals surface area contributed by atoms with Gasteiger partial charge in [0, 0.05) is 22.9 Å². The number of hydrogen-bond donors (Lipinski definition) is 0. The van der Waals surface area contributed by atoms with Gasteiger partial charge < -0.3 is 18.6 Å². The van der Waals surface area contributed by atoms with Gasteiger partial charge in [0.25, 0.3) is 0 Å². The highest BCUT2D eigenvalue weighted by Gasteiger charge is 2.17. The van der Waals surface area contributed by atoms with E-state index in [0.717, 1.165) is 51.8 Å².